The van der Waals surface area contributed by atoms with Crippen LogP contribution in [-0.2, 0) is 0 Å². The summed E-state index contributed by atoms with van der Waals surface area (Å²) in [4.78, 5) is 2.61. The minimum atomic E-state index is 0.417. The highest BCUT2D eigenvalue weighted by atomic mass is 127. The van der Waals surface area contributed by atoms with Crippen LogP contribution >= 0.6 is 22.6 Å². The molecule has 2 heterocycles. The maximum atomic E-state index is 6.16. The summed E-state index contributed by atoms with van der Waals surface area (Å²) in [6.45, 7) is 2.22. The van der Waals surface area contributed by atoms with Crippen LogP contribution in [-0.4, -0.2) is 30.1 Å². The highest BCUT2D eigenvalue weighted by Gasteiger charge is 2.36. The normalized spacial score (nSPS) is 37.1. The average molecular weight is 345 g/mol. The molecule has 1 aliphatic carbocycles. The lowest BCUT2D eigenvalue weighted by Gasteiger charge is -2.33. The molecule has 3 N–H and O–H groups in total. The highest BCUT2D eigenvalue weighted by molar-refractivity contribution is 14.1. The van der Waals surface area contributed by atoms with Gasteiger partial charge in [-0.2, -0.15) is 0 Å². The standard InChI is InChI=1S/C13H20IN3/c14-13-4-3-11(7-16-13)17-8-9-1-2-10(15)6-12(17)5-9/h3-4,9-10,12,16H,1-2,5-8,15H2/t9?,10?,12-/m1/s1. The maximum Gasteiger partial charge on any atom is 0.0735 e. The van der Waals surface area contributed by atoms with Crippen LogP contribution in [0.15, 0.2) is 21.6 Å². The second kappa shape index (κ2) is 4.80. The highest BCUT2D eigenvalue weighted by Crippen LogP contribution is 2.36. The number of nitrogens with zero attached hydrogens (tertiary/aromatic N) is 1. The van der Waals surface area contributed by atoms with Gasteiger partial charge in [0.2, 0.25) is 0 Å². The maximum absolute atomic E-state index is 6.16. The van der Waals surface area contributed by atoms with Gasteiger partial charge in [-0.25, -0.2) is 0 Å². The summed E-state index contributed by atoms with van der Waals surface area (Å²) in [7, 11) is 0. The Labute approximate surface area is 117 Å². The Kier molecular flexibility index (Phi) is 3.34. The van der Waals surface area contributed by atoms with Crippen molar-refractivity contribution in [2.45, 2.75) is 37.8 Å². The Morgan fingerprint density at radius 3 is 2.94 bits per heavy atom. The topological polar surface area (TPSA) is 41.3 Å². The molecule has 2 fully saturated rings. The zero-order chi connectivity index (χ0) is 11.8. The number of nitrogens with one attached hydrogen (secondary N) is 1. The number of hydrogen-bond acceptors (Lipinski definition) is 3. The van der Waals surface area contributed by atoms with E-state index in [1.165, 1.54) is 41.6 Å². The fourth-order valence-corrected chi connectivity index (χ4v) is 3.75. The van der Waals surface area contributed by atoms with Gasteiger partial charge in [-0.1, -0.05) is 0 Å². The minimum absolute atomic E-state index is 0.417. The Morgan fingerprint density at radius 1 is 1.29 bits per heavy atom. The lowest BCUT2D eigenvalue weighted by atomic mass is 10.0. The van der Waals surface area contributed by atoms with Gasteiger partial charge >= 0.3 is 0 Å². The van der Waals surface area contributed by atoms with Gasteiger partial charge in [-0.05, 0) is 66.3 Å². The van der Waals surface area contributed by atoms with Crippen molar-refractivity contribution in [3.63, 3.8) is 0 Å². The van der Waals surface area contributed by atoms with Crippen LogP contribution in [0.3, 0.4) is 0 Å². The van der Waals surface area contributed by atoms with E-state index < -0.39 is 0 Å². The van der Waals surface area contributed by atoms with Gasteiger partial charge in [0.15, 0.2) is 0 Å². The van der Waals surface area contributed by atoms with Crippen LogP contribution in [0, 0.1) is 5.92 Å². The number of nitrogens with two attached hydrogens (primary N) is 1. The van der Waals surface area contributed by atoms with E-state index in [0.717, 1.165) is 12.5 Å². The summed E-state index contributed by atoms with van der Waals surface area (Å²) < 4.78 is 1.24. The largest absolute Gasteiger partial charge is 0.375 e. The van der Waals surface area contributed by atoms with E-state index in [-0.39, 0.29) is 0 Å². The van der Waals surface area contributed by atoms with E-state index in [9.17, 15) is 0 Å². The lowest BCUT2D eigenvalue weighted by molar-refractivity contribution is 0.267. The van der Waals surface area contributed by atoms with Crippen molar-refractivity contribution in [1.29, 1.82) is 0 Å². The van der Waals surface area contributed by atoms with Crippen LogP contribution in [0.5, 0.6) is 0 Å². The van der Waals surface area contributed by atoms with Crippen molar-refractivity contribution in [3.8, 4) is 0 Å². The van der Waals surface area contributed by atoms with E-state index in [1.807, 2.05) is 0 Å². The molecule has 3 aliphatic rings. The predicted molar refractivity (Wildman–Crippen MR) is 78.6 cm³/mol. The zero-order valence-electron chi connectivity index (χ0n) is 10.0. The zero-order valence-corrected chi connectivity index (χ0v) is 12.2. The lowest BCUT2D eigenvalue weighted by Crippen LogP contribution is -2.39. The van der Waals surface area contributed by atoms with Crippen molar-refractivity contribution in [2.24, 2.45) is 11.7 Å². The molecule has 2 aliphatic heterocycles. The summed E-state index contributed by atoms with van der Waals surface area (Å²) in [5, 5.41) is 3.42. The third-order valence-electron chi connectivity index (χ3n) is 4.25. The summed E-state index contributed by atoms with van der Waals surface area (Å²) in [5.41, 5.74) is 7.61. The van der Waals surface area contributed by atoms with Crippen LogP contribution in [0.2, 0.25) is 0 Å². The van der Waals surface area contributed by atoms with E-state index in [0.29, 0.717) is 12.1 Å². The minimum Gasteiger partial charge on any atom is -0.375 e. The second-order valence-corrected chi connectivity index (χ2v) is 6.67. The SMILES string of the molecule is NC1CCC2C[C@H](C1)N(C1=CC=C(I)NC1)C2. The molecule has 3 rings (SSSR count). The van der Waals surface area contributed by atoms with Crippen LogP contribution in [0.1, 0.15) is 25.7 Å². The summed E-state index contributed by atoms with van der Waals surface area (Å²) in [6.07, 6.45) is 9.53. The molecule has 4 heteroatoms. The molecular formula is C13H20IN3. The molecule has 3 nitrogen and oxygen atoms in total. The molecule has 1 saturated heterocycles. The molecule has 0 spiro atoms. The van der Waals surface area contributed by atoms with E-state index >= 15 is 0 Å². The molecule has 2 unspecified atom stereocenters. The van der Waals surface area contributed by atoms with Gasteiger partial charge in [0.1, 0.15) is 0 Å². The van der Waals surface area contributed by atoms with Crippen LogP contribution in [0.4, 0.5) is 0 Å². The van der Waals surface area contributed by atoms with Gasteiger partial charge in [0.05, 0.1) is 10.2 Å². The first-order chi connectivity index (χ1) is 8.22. The van der Waals surface area contributed by atoms with E-state index in [4.69, 9.17) is 5.73 Å². The Hall–Kier alpha value is -0.230. The van der Waals surface area contributed by atoms with Gasteiger partial charge < -0.3 is 16.0 Å². The fourth-order valence-electron chi connectivity index (χ4n) is 3.37. The third-order valence-corrected chi connectivity index (χ3v) is 4.99. The molecule has 1 saturated carbocycles. The average Bonchev–Trinajstić information content (AvgIpc) is 2.60. The van der Waals surface area contributed by atoms with Gasteiger partial charge in [-0.3, -0.25) is 0 Å². The third kappa shape index (κ3) is 2.47. The summed E-state index contributed by atoms with van der Waals surface area (Å²) >= 11 is 2.34. The molecule has 3 atom stereocenters. The first kappa shape index (κ1) is 11.8. The van der Waals surface area contributed by atoms with Gasteiger partial charge in [-0.15, -0.1) is 0 Å². The molecule has 17 heavy (non-hydrogen) atoms. The van der Waals surface area contributed by atoms with Gasteiger partial charge in [0, 0.05) is 24.3 Å². The number of dihydropyridines is 1. The van der Waals surface area contributed by atoms with Gasteiger partial charge in [0.25, 0.3) is 0 Å². The number of fused-ring (bicyclic) bond motifs is 2. The van der Waals surface area contributed by atoms with E-state index in [1.54, 1.807) is 0 Å². The van der Waals surface area contributed by atoms with Crippen molar-refractivity contribution in [2.75, 3.05) is 13.1 Å². The van der Waals surface area contributed by atoms with Crippen molar-refractivity contribution >= 4 is 22.6 Å². The molecule has 2 bridgehead atoms. The predicted octanol–water partition coefficient (Wildman–Crippen LogP) is 1.95. The van der Waals surface area contributed by atoms with E-state index in [2.05, 4.69) is 45.0 Å². The molecule has 0 aromatic rings. The van der Waals surface area contributed by atoms with Crippen LogP contribution < -0.4 is 11.1 Å². The smallest absolute Gasteiger partial charge is 0.0735 e. The quantitative estimate of drug-likeness (QED) is 0.564. The van der Waals surface area contributed by atoms with Crippen molar-refractivity contribution in [1.82, 2.24) is 10.2 Å². The first-order valence-corrected chi connectivity index (χ1v) is 7.62. The summed E-state index contributed by atoms with van der Waals surface area (Å²) in [6, 6.07) is 1.11. The molecule has 94 valence electrons. The van der Waals surface area contributed by atoms with Crippen LogP contribution in [0.25, 0.3) is 0 Å². The number of rotatable bonds is 1. The summed E-state index contributed by atoms with van der Waals surface area (Å²) in [5.74, 6) is 0.874. The Bertz CT molecular complexity index is 364. The number of halogens is 1. The number of hydrogen-bond donors (Lipinski definition) is 2. The Balaban J connectivity index is 1.76. The molecular weight excluding hydrogens is 325 g/mol. The molecule has 0 amide bonds. The van der Waals surface area contributed by atoms with Crippen molar-refractivity contribution < 1.29 is 0 Å². The molecule has 0 aromatic heterocycles. The first-order valence-electron chi connectivity index (χ1n) is 6.55. The Morgan fingerprint density at radius 2 is 2.18 bits per heavy atom. The van der Waals surface area contributed by atoms with Crippen molar-refractivity contribution in [3.05, 3.63) is 21.6 Å². The molecule has 0 aromatic carbocycles. The number of likely N-dealkylation sites (tertiary alicyclic amines) is 1. The fraction of sp³-hybridized carbons (Fsp3) is 0.692. The molecule has 0 radical (unpaired) electrons. The second-order valence-electron chi connectivity index (χ2n) is 5.51. The monoisotopic (exact) mass is 345 g/mol. The number of allylic oxidation sites excluding steroid dienone is 2.